The van der Waals surface area contributed by atoms with Gasteiger partial charge >= 0.3 is 11.9 Å². The van der Waals surface area contributed by atoms with Gasteiger partial charge in [-0.25, -0.2) is 0 Å². The highest BCUT2D eigenvalue weighted by molar-refractivity contribution is 5.70. The van der Waals surface area contributed by atoms with Crippen LogP contribution >= 0.6 is 0 Å². The molecule has 9 nitrogen and oxygen atoms in total. The lowest BCUT2D eigenvalue weighted by Crippen LogP contribution is -2.44. The lowest BCUT2D eigenvalue weighted by atomic mass is 10.0. The Bertz CT molecular complexity index is 1670. The lowest BCUT2D eigenvalue weighted by molar-refractivity contribution is -0.870. The summed E-state index contributed by atoms with van der Waals surface area (Å²) < 4.78 is 22.9. The number of quaternary nitrogens is 1. The summed E-state index contributed by atoms with van der Waals surface area (Å²) >= 11 is 0. The Hall–Kier alpha value is -2.75. The van der Waals surface area contributed by atoms with Crippen molar-refractivity contribution in [1.29, 1.82) is 0 Å². The molecule has 0 aliphatic rings. The van der Waals surface area contributed by atoms with Crippen LogP contribution in [0, 0.1) is 0 Å². The van der Waals surface area contributed by atoms with Gasteiger partial charge in [-0.3, -0.25) is 9.59 Å². The number of aliphatic carboxylic acids is 1. The minimum atomic E-state index is -1.62. The molecule has 0 spiro atoms. The Morgan fingerprint density at radius 3 is 0.914 bits per heavy atom. The standard InChI is InChI=1S/C84H157NO8/c1-6-8-10-12-14-16-18-20-22-24-26-28-30-32-34-36-38-39-40-41-42-43-45-47-49-51-53-55-57-59-61-63-65-67-69-71-73-75-82(87)93-80(79-92-84(83(88)89)90-77-76-85(3,4)5)78-91-81(86)74-72-70-68-66-64-62-60-58-56-54-52-50-48-46-44-37-35-33-31-29-27-25-23-21-19-17-15-13-11-9-7-2/h8,10,14,16,20,22,26,28,80,84H,6-7,9,11-13,15,17-19,21,23-25,27,29-79H2,1-5H3/b10-8-,16-14-,22-20-,28-26-. The molecule has 2 atom stereocenters. The zero-order chi connectivity index (χ0) is 67.5. The molecule has 0 fully saturated rings. The van der Waals surface area contributed by atoms with Crippen LogP contribution in [0.4, 0.5) is 0 Å². The van der Waals surface area contributed by atoms with E-state index in [1.54, 1.807) is 0 Å². The number of allylic oxidation sites excluding steroid dienone is 8. The third-order valence-corrected chi connectivity index (χ3v) is 18.6. The van der Waals surface area contributed by atoms with E-state index in [0.717, 1.165) is 64.2 Å². The number of carboxylic acids is 1. The molecule has 0 aromatic carbocycles. The molecule has 9 heteroatoms. The lowest BCUT2D eigenvalue weighted by Gasteiger charge is -2.26. The fraction of sp³-hybridized carbons (Fsp3) is 0.869. The van der Waals surface area contributed by atoms with Crippen molar-refractivity contribution in [2.24, 2.45) is 0 Å². The van der Waals surface area contributed by atoms with Crippen molar-refractivity contribution in [2.45, 2.75) is 424 Å². The molecule has 0 aromatic heterocycles. The minimum Gasteiger partial charge on any atom is -0.545 e. The van der Waals surface area contributed by atoms with E-state index in [1.807, 2.05) is 21.1 Å². The highest BCUT2D eigenvalue weighted by atomic mass is 16.7. The monoisotopic (exact) mass is 1310 g/mol. The fourth-order valence-corrected chi connectivity index (χ4v) is 12.4. The van der Waals surface area contributed by atoms with Gasteiger partial charge < -0.3 is 33.3 Å². The first kappa shape index (κ1) is 90.2. The van der Waals surface area contributed by atoms with Gasteiger partial charge in [0.25, 0.3) is 0 Å². The van der Waals surface area contributed by atoms with E-state index in [-0.39, 0.29) is 32.2 Å². The summed E-state index contributed by atoms with van der Waals surface area (Å²) in [5.74, 6) is -2.25. The molecule has 2 unspecified atom stereocenters. The third-order valence-electron chi connectivity index (χ3n) is 18.6. The summed E-state index contributed by atoms with van der Waals surface area (Å²) in [5, 5.41) is 11.9. The number of hydrogen-bond donors (Lipinski definition) is 0. The first-order valence-electron chi connectivity index (χ1n) is 40.8. The van der Waals surface area contributed by atoms with Crippen LogP contribution in [-0.2, 0) is 33.3 Å². The van der Waals surface area contributed by atoms with E-state index in [4.69, 9.17) is 18.9 Å². The van der Waals surface area contributed by atoms with Gasteiger partial charge in [0.15, 0.2) is 12.4 Å². The summed E-state index contributed by atoms with van der Waals surface area (Å²) in [7, 11) is 5.95. The second-order valence-electron chi connectivity index (χ2n) is 29.0. The van der Waals surface area contributed by atoms with Crippen molar-refractivity contribution in [1.82, 2.24) is 0 Å². The summed E-state index contributed by atoms with van der Waals surface area (Å²) in [6.45, 7) is 4.72. The highest BCUT2D eigenvalue weighted by Gasteiger charge is 2.22. The smallest absolute Gasteiger partial charge is 0.306 e. The predicted molar refractivity (Wildman–Crippen MR) is 399 cm³/mol. The van der Waals surface area contributed by atoms with E-state index in [9.17, 15) is 19.5 Å². The second-order valence-corrected chi connectivity index (χ2v) is 29.0. The minimum absolute atomic E-state index is 0.151. The number of carbonyl (C=O) groups excluding carboxylic acids is 3. The van der Waals surface area contributed by atoms with Crippen LogP contribution in [0.5, 0.6) is 0 Å². The average Bonchev–Trinajstić information content (AvgIpc) is 3.73. The number of unbranched alkanes of at least 4 members (excludes halogenated alkanes) is 54. The van der Waals surface area contributed by atoms with Crippen molar-refractivity contribution in [3.8, 4) is 0 Å². The van der Waals surface area contributed by atoms with Crippen LogP contribution in [0.15, 0.2) is 48.6 Å². The molecule has 93 heavy (non-hydrogen) atoms. The Kier molecular flexibility index (Phi) is 72.8. The molecule has 0 saturated carbocycles. The van der Waals surface area contributed by atoms with Gasteiger partial charge in [-0.1, -0.05) is 396 Å². The molecule has 0 aromatic rings. The van der Waals surface area contributed by atoms with Gasteiger partial charge in [-0.15, -0.1) is 0 Å². The molecule has 546 valence electrons. The predicted octanol–water partition coefficient (Wildman–Crippen LogP) is 24.7. The number of rotatable bonds is 77. The number of carboxylic acid groups (broad SMARTS) is 1. The van der Waals surface area contributed by atoms with E-state index in [0.29, 0.717) is 17.4 Å². The normalized spacial score (nSPS) is 12.8. The number of ether oxygens (including phenoxy) is 4. The Balaban J connectivity index is 3.95. The quantitative estimate of drug-likeness (QED) is 0.0195. The first-order valence-corrected chi connectivity index (χ1v) is 40.8. The fourth-order valence-electron chi connectivity index (χ4n) is 12.4. The van der Waals surface area contributed by atoms with Crippen LogP contribution in [0.3, 0.4) is 0 Å². The maximum atomic E-state index is 13.0. The van der Waals surface area contributed by atoms with Crippen molar-refractivity contribution in [2.75, 3.05) is 47.5 Å². The number of nitrogens with zero attached hydrogens (tertiary/aromatic N) is 1. The zero-order valence-corrected chi connectivity index (χ0v) is 62.7. The molecule has 0 aliphatic carbocycles. The topological polar surface area (TPSA) is 111 Å². The van der Waals surface area contributed by atoms with Gasteiger partial charge in [0.05, 0.1) is 40.3 Å². The van der Waals surface area contributed by atoms with Crippen LogP contribution in [-0.4, -0.2) is 82.3 Å². The van der Waals surface area contributed by atoms with E-state index < -0.39 is 24.3 Å². The molecule has 0 rings (SSSR count). The Labute approximate surface area is 578 Å². The summed E-state index contributed by atoms with van der Waals surface area (Å²) in [6.07, 6.45) is 95.4. The van der Waals surface area contributed by atoms with Crippen molar-refractivity contribution < 1.29 is 42.9 Å². The van der Waals surface area contributed by atoms with Crippen LogP contribution in [0.25, 0.3) is 0 Å². The molecule has 0 N–H and O–H groups in total. The SMILES string of the molecule is CC/C=C\C/C=C\C/C=C\C/C=C\CCCCCCCCCCCCCCCCCCCCCCCCCCC(=O)OC(COC(=O)CCCCCCCCCCCCCCCCCCCCCCCCCCCCCCCCC)COC(OCC[N+](C)(C)C)C(=O)[O-]. The maximum Gasteiger partial charge on any atom is 0.306 e. The van der Waals surface area contributed by atoms with E-state index >= 15 is 0 Å². The van der Waals surface area contributed by atoms with Gasteiger partial charge in [-0.05, 0) is 51.4 Å². The Morgan fingerprint density at radius 2 is 0.613 bits per heavy atom. The molecule has 0 heterocycles. The number of carbonyl (C=O) groups is 3. The second kappa shape index (κ2) is 75.0. The maximum absolute atomic E-state index is 13.0. The molecule has 0 saturated heterocycles. The van der Waals surface area contributed by atoms with Gasteiger partial charge in [0, 0.05) is 12.8 Å². The van der Waals surface area contributed by atoms with Crippen molar-refractivity contribution >= 4 is 17.9 Å². The molecular weight excluding hydrogens is 1150 g/mol. The molecule has 0 radical (unpaired) electrons. The van der Waals surface area contributed by atoms with Crippen LogP contribution in [0.1, 0.15) is 412 Å². The van der Waals surface area contributed by atoms with E-state index in [1.165, 1.54) is 321 Å². The summed E-state index contributed by atoms with van der Waals surface area (Å²) in [5.41, 5.74) is 0. The number of likely N-dealkylation sites (N-methyl/N-ethyl adjacent to an activating group) is 1. The zero-order valence-electron chi connectivity index (χ0n) is 62.7. The first-order chi connectivity index (χ1) is 45.6. The average molecular weight is 1310 g/mol. The van der Waals surface area contributed by atoms with Crippen molar-refractivity contribution in [3.05, 3.63) is 48.6 Å². The molecule has 0 bridgehead atoms. The van der Waals surface area contributed by atoms with Gasteiger partial charge in [-0.2, -0.15) is 0 Å². The van der Waals surface area contributed by atoms with Crippen LogP contribution in [0.2, 0.25) is 0 Å². The Morgan fingerprint density at radius 1 is 0.333 bits per heavy atom. The molecule has 0 amide bonds. The molecule has 0 aliphatic heterocycles. The highest BCUT2D eigenvalue weighted by Crippen LogP contribution is 2.20. The van der Waals surface area contributed by atoms with Crippen LogP contribution < -0.4 is 5.11 Å². The number of hydrogen-bond acceptors (Lipinski definition) is 8. The van der Waals surface area contributed by atoms with Gasteiger partial charge in [0.2, 0.25) is 0 Å². The molecular formula is C84H157NO8. The largest absolute Gasteiger partial charge is 0.545 e. The van der Waals surface area contributed by atoms with E-state index in [2.05, 4.69) is 62.5 Å². The van der Waals surface area contributed by atoms with Gasteiger partial charge in [0.1, 0.15) is 13.2 Å². The van der Waals surface area contributed by atoms with Crippen molar-refractivity contribution in [3.63, 3.8) is 0 Å². The number of esters is 2. The summed E-state index contributed by atoms with van der Waals surface area (Å²) in [6, 6.07) is 0. The summed E-state index contributed by atoms with van der Waals surface area (Å²) in [4.78, 5) is 37.6. The third kappa shape index (κ3) is 76.5.